The SMILES string of the molecule is O=Cc1ccccc1-c1noc(C2CC2)n1. The van der Waals surface area contributed by atoms with Crippen molar-refractivity contribution < 1.29 is 9.32 Å². The first-order valence-electron chi connectivity index (χ1n) is 5.26. The summed E-state index contributed by atoms with van der Waals surface area (Å²) in [5, 5.41) is 3.91. The van der Waals surface area contributed by atoms with Crippen molar-refractivity contribution in [3.63, 3.8) is 0 Å². The lowest BCUT2D eigenvalue weighted by Crippen LogP contribution is -1.88. The fourth-order valence-corrected chi connectivity index (χ4v) is 1.64. The Labute approximate surface area is 92.3 Å². The van der Waals surface area contributed by atoms with E-state index in [2.05, 4.69) is 10.1 Å². The van der Waals surface area contributed by atoms with Crippen molar-refractivity contribution in [2.24, 2.45) is 0 Å². The average Bonchev–Trinajstić information content (AvgIpc) is 3.07. The van der Waals surface area contributed by atoms with Crippen molar-refractivity contribution in [2.45, 2.75) is 18.8 Å². The molecule has 0 amide bonds. The molecule has 1 aliphatic rings. The number of aromatic nitrogens is 2. The maximum atomic E-state index is 10.9. The van der Waals surface area contributed by atoms with Gasteiger partial charge in [0.1, 0.15) is 0 Å². The molecule has 0 radical (unpaired) electrons. The highest BCUT2D eigenvalue weighted by Crippen LogP contribution is 2.39. The van der Waals surface area contributed by atoms with Gasteiger partial charge < -0.3 is 4.52 Å². The first-order chi connectivity index (χ1) is 7.88. The van der Waals surface area contributed by atoms with E-state index >= 15 is 0 Å². The lowest BCUT2D eigenvalue weighted by atomic mass is 10.1. The highest BCUT2D eigenvalue weighted by Gasteiger charge is 2.29. The Morgan fingerprint density at radius 3 is 2.88 bits per heavy atom. The Balaban J connectivity index is 2.03. The maximum Gasteiger partial charge on any atom is 0.230 e. The minimum absolute atomic E-state index is 0.435. The summed E-state index contributed by atoms with van der Waals surface area (Å²) in [4.78, 5) is 15.2. The summed E-state index contributed by atoms with van der Waals surface area (Å²) in [6.45, 7) is 0. The molecule has 80 valence electrons. The summed E-state index contributed by atoms with van der Waals surface area (Å²) in [6, 6.07) is 7.24. The van der Waals surface area contributed by atoms with E-state index in [1.54, 1.807) is 6.07 Å². The van der Waals surface area contributed by atoms with Crippen LogP contribution in [0.2, 0.25) is 0 Å². The molecular formula is C12H10N2O2. The van der Waals surface area contributed by atoms with E-state index in [-0.39, 0.29) is 0 Å². The highest BCUT2D eigenvalue weighted by atomic mass is 16.5. The number of rotatable bonds is 3. The van der Waals surface area contributed by atoms with E-state index in [0.717, 1.165) is 24.7 Å². The Bertz CT molecular complexity index is 529. The van der Waals surface area contributed by atoms with Gasteiger partial charge in [0.05, 0.1) is 0 Å². The van der Waals surface area contributed by atoms with Gasteiger partial charge in [0, 0.05) is 17.0 Å². The molecule has 0 atom stereocenters. The van der Waals surface area contributed by atoms with Gasteiger partial charge in [-0.15, -0.1) is 0 Å². The standard InChI is InChI=1S/C12H10N2O2/c15-7-9-3-1-2-4-10(9)11-13-12(16-14-11)8-5-6-8/h1-4,7-8H,5-6H2. The monoisotopic (exact) mass is 214 g/mol. The van der Waals surface area contributed by atoms with Gasteiger partial charge in [-0.1, -0.05) is 29.4 Å². The molecule has 16 heavy (non-hydrogen) atoms. The molecule has 1 aromatic heterocycles. The summed E-state index contributed by atoms with van der Waals surface area (Å²) in [6.07, 6.45) is 3.05. The summed E-state index contributed by atoms with van der Waals surface area (Å²) < 4.78 is 5.17. The molecule has 1 saturated carbocycles. The summed E-state index contributed by atoms with van der Waals surface area (Å²) >= 11 is 0. The van der Waals surface area contributed by atoms with E-state index in [4.69, 9.17) is 4.52 Å². The number of carbonyl (C=O) groups is 1. The molecule has 3 rings (SSSR count). The Morgan fingerprint density at radius 1 is 1.31 bits per heavy atom. The summed E-state index contributed by atoms with van der Waals surface area (Å²) in [5.41, 5.74) is 1.32. The molecule has 1 heterocycles. The van der Waals surface area contributed by atoms with Crippen LogP contribution >= 0.6 is 0 Å². The van der Waals surface area contributed by atoms with Gasteiger partial charge in [0.2, 0.25) is 11.7 Å². The molecule has 2 aromatic rings. The molecule has 1 aromatic carbocycles. The first kappa shape index (κ1) is 9.27. The van der Waals surface area contributed by atoms with Crippen LogP contribution in [0.1, 0.15) is 35.0 Å². The van der Waals surface area contributed by atoms with Gasteiger partial charge in [-0.25, -0.2) is 0 Å². The van der Waals surface area contributed by atoms with Gasteiger partial charge >= 0.3 is 0 Å². The van der Waals surface area contributed by atoms with E-state index in [1.807, 2.05) is 18.2 Å². The van der Waals surface area contributed by atoms with Crippen LogP contribution in [0.3, 0.4) is 0 Å². The van der Waals surface area contributed by atoms with Crippen LogP contribution in [-0.4, -0.2) is 16.4 Å². The van der Waals surface area contributed by atoms with E-state index in [0.29, 0.717) is 23.2 Å². The normalized spacial score (nSPS) is 15.0. The predicted octanol–water partition coefficient (Wildman–Crippen LogP) is 2.43. The zero-order valence-electron chi connectivity index (χ0n) is 8.59. The Hall–Kier alpha value is -1.97. The smallest absolute Gasteiger partial charge is 0.230 e. The Morgan fingerprint density at radius 2 is 2.12 bits per heavy atom. The van der Waals surface area contributed by atoms with Crippen LogP contribution in [0.15, 0.2) is 28.8 Å². The molecule has 0 unspecified atom stereocenters. The van der Waals surface area contributed by atoms with E-state index in [1.165, 1.54) is 0 Å². The number of hydrogen-bond donors (Lipinski definition) is 0. The molecule has 1 fully saturated rings. The van der Waals surface area contributed by atoms with E-state index in [9.17, 15) is 4.79 Å². The van der Waals surface area contributed by atoms with Crippen LogP contribution in [0, 0.1) is 0 Å². The molecular weight excluding hydrogens is 204 g/mol. The van der Waals surface area contributed by atoms with Crippen molar-refractivity contribution in [3.8, 4) is 11.4 Å². The molecule has 1 aliphatic carbocycles. The summed E-state index contributed by atoms with van der Waals surface area (Å²) in [7, 11) is 0. The van der Waals surface area contributed by atoms with Gasteiger partial charge in [0.25, 0.3) is 0 Å². The number of aldehydes is 1. The third kappa shape index (κ3) is 1.52. The molecule has 0 N–H and O–H groups in total. The lowest BCUT2D eigenvalue weighted by Gasteiger charge is -1.96. The van der Waals surface area contributed by atoms with Gasteiger partial charge in [-0.3, -0.25) is 4.79 Å². The quantitative estimate of drug-likeness (QED) is 0.736. The molecule has 0 aliphatic heterocycles. The zero-order chi connectivity index (χ0) is 11.0. The average molecular weight is 214 g/mol. The number of hydrogen-bond acceptors (Lipinski definition) is 4. The fourth-order valence-electron chi connectivity index (χ4n) is 1.64. The van der Waals surface area contributed by atoms with Crippen LogP contribution in [0.4, 0.5) is 0 Å². The molecule has 0 saturated heterocycles. The number of benzene rings is 1. The highest BCUT2D eigenvalue weighted by molar-refractivity contribution is 5.85. The van der Waals surface area contributed by atoms with Crippen molar-refractivity contribution in [1.29, 1.82) is 0 Å². The van der Waals surface area contributed by atoms with Crippen LogP contribution in [-0.2, 0) is 0 Å². The number of nitrogens with zero attached hydrogens (tertiary/aromatic N) is 2. The number of carbonyl (C=O) groups excluding carboxylic acids is 1. The second kappa shape index (κ2) is 3.56. The third-order valence-corrected chi connectivity index (χ3v) is 2.70. The Kier molecular flexibility index (Phi) is 2.06. The second-order valence-corrected chi connectivity index (χ2v) is 3.94. The lowest BCUT2D eigenvalue weighted by molar-refractivity contribution is 0.112. The molecule has 4 heteroatoms. The third-order valence-electron chi connectivity index (χ3n) is 2.70. The van der Waals surface area contributed by atoms with Crippen molar-refractivity contribution in [2.75, 3.05) is 0 Å². The van der Waals surface area contributed by atoms with Crippen LogP contribution < -0.4 is 0 Å². The largest absolute Gasteiger partial charge is 0.339 e. The zero-order valence-corrected chi connectivity index (χ0v) is 8.59. The van der Waals surface area contributed by atoms with Gasteiger partial charge in [-0.05, 0) is 12.8 Å². The van der Waals surface area contributed by atoms with Crippen molar-refractivity contribution in [3.05, 3.63) is 35.7 Å². The predicted molar refractivity (Wildman–Crippen MR) is 57.1 cm³/mol. The van der Waals surface area contributed by atoms with E-state index < -0.39 is 0 Å². The maximum absolute atomic E-state index is 10.9. The van der Waals surface area contributed by atoms with Crippen molar-refractivity contribution in [1.82, 2.24) is 10.1 Å². The molecule has 0 bridgehead atoms. The minimum atomic E-state index is 0.435. The van der Waals surface area contributed by atoms with Gasteiger partial charge in [-0.2, -0.15) is 4.98 Å². The molecule has 4 nitrogen and oxygen atoms in total. The minimum Gasteiger partial charge on any atom is -0.339 e. The second-order valence-electron chi connectivity index (χ2n) is 3.94. The van der Waals surface area contributed by atoms with Gasteiger partial charge in [0.15, 0.2) is 6.29 Å². The topological polar surface area (TPSA) is 56.0 Å². The van der Waals surface area contributed by atoms with Crippen LogP contribution in [0.5, 0.6) is 0 Å². The van der Waals surface area contributed by atoms with Crippen molar-refractivity contribution >= 4 is 6.29 Å². The molecule has 0 spiro atoms. The fraction of sp³-hybridized carbons (Fsp3) is 0.250. The summed E-state index contributed by atoms with van der Waals surface area (Å²) in [5.74, 6) is 1.63. The van der Waals surface area contributed by atoms with Crippen LogP contribution in [0.25, 0.3) is 11.4 Å². The first-order valence-corrected chi connectivity index (χ1v) is 5.26.